The smallest absolute Gasteiger partial charge is 0.346 e. The normalized spacial score (nSPS) is 12.6. The van der Waals surface area contributed by atoms with E-state index < -0.39 is 11.9 Å². The number of hydrogen-bond donors (Lipinski definition) is 0. The molecular formula is C21H12O4. The lowest BCUT2D eigenvalue weighted by molar-refractivity contribution is 0.0443. The maximum atomic E-state index is 11.7. The van der Waals surface area contributed by atoms with Gasteiger partial charge in [0.05, 0.1) is 11.1 Å². The molecule has 0 saturated heterocycles. The van der Waals surface area contributed by atoms with Crippen molar-refractivity contribution in [3.8, 4) is 22.3 Å². The largest absolute Gasteiger partial charge is 0.386 e. The molecule has 1 aliphatic rings. The number of carbonyl (C=O) groups is 3. The molecule has 0 unspecified atom stereocenters. The van der Waals surface area contributed by atoms with Crippen LogP contribution in [-0.4, -0.2) is 18.2 Å². The van der Waals surface area contributed by atoms with E-state index in [0.717, 1.165) is 28.5 Å². The molecule has 0 bridgehead atoms. The molecule has 4 heteroatoms. The Morgan fingerprint density at radius 2 is 1.08 bits per heavy atom. The second-order valence-corrected chi connectivity index (χ2v) is 5.75. The predicted molar refractivity (Wildman–Crippen MR) is 92.4 cm³/mol. The Morgan fingerprint density at radius 1 is 0.600 bits per heavy atom. The van der Waals surface area contributed by atoms with Gasteiger partial charge in [-0.15, -0.1) is 0 Å². The summed E-state index contributed by atoms with van der Waals surface area (Å²) in [5.74, 6) is -1.20. The van der Waals surface area contributed by atoms with Gasteiger partial charge < -0.3 is 4.74 Å². The highest BCUT2D eigenvalue weighted by atomic mass is 16.6. The van der Waals surface area contributed by atoms with Crippen LogP contribution in [0.2, 0.25) is 0 Å². The Labute approximate surface area is 143 Å². The molecule has 0 radical (unpaired) electrons. The molecule has 0 aromatic heterocycles. The van der Waals surface area contributed by atoms with Crippen LogP contribution in [0.15, 0.2) is 66.7 Å². The molecule has 0 amide bonds. The Hall–Kier alpha value is -3.53. The molecule has 3 aromatic carbocycles. The molecule has 0 atom stereocenters. The fourth-order valence-electron chi connectivity index (χ4n) is 2.87. The number of cyclic esters (lactones) is 2. The van der Waals surface area contributed by atoms with Crippen LogP contribution in [0.1, 0.15) is 31.1 Å². The first-order chi connectivity index (χ1) is 12.2. The zero-order valence-electron chi connectivity index (χ0n) is 13.1. The van der Waals surface area contributed by atoms with Gasteiger partial charge in [0.2, 0.25) is 0 Å². The third-order valence-electron chi connectivity index (χ3n) is 4.24. The van der Waals surface area contributed by atoms with Gasteiger partial charge in [-0.2, -0.15) is 0 Å². The van der Waals surface area contributed by atoms with Gasteiger partial charge >= 0.3 is 11.9 Å². The fraction of sp³-hybridized carbons (Fsp3) is 0. The molecule has 25 heavy (non-hydrogen) atoms. The number of carbonyl (C=O) groups excluding carboxylic acids is 3. The van der Waals surface area contributed by atoms with Crippen molar-refractivity contribution in [2.24, 2.45) is 0 Å². The highest BCUT2D eigenvalue weighted by molar-refractivity contribution is 6.15. The molecule has 0 fully saturated rings. The number of hydrogen-bond acceptors (Lipinski definition) is 4. The van der Waals surface area contributed by atoms with Crippen molar-refractivity contribution in [1.29, 1.82) is 0 Å². The lowest BCUT2D eigenvalue weighted by atomic mass is 9.97. The van der Waals surface area contributed by atoms with Crippen LogP contribution in [-0.2, 0) is 4.74 Å². The first-order valence-corrected chi connectivity index (χ1v) is 7.72. The predicted octanol–water partition coefficient (Wildman–Crippen LogP) is 4.14. The average molecular weight is 328 g/mol. The standard InChI is InChI=1S/C21H12O4/c22-12-13-1-3-14(4-2-13)15-5-7-16(8-6-15)17-9-10-18-19(11-17)21(24)25-20(18)23/h1-12H. The summed E-state index contributed by atoms with van der Waals surface area (Å²) >= 11 is 0. The van der Waals surface area contributed by atoms with Crippen LogP contribution in [0.4, 0.5) is 0 Å². The van der Waals surface area contributed by atoms with Crippen molar-refractivity contribution in [3.63, 3.8) is 0 Å². The van der Waals surface area contributed by atoms with Gasteiger partial charge in [0, 0.05) is 5.56 Å². The Balaban J connectivity index is 1.66. The van der Waals surface area contributed by atoms with Gasteiger partial charge in [-0.05, 0) is 34.4 Å². The average Bonchev–Trinajstić information content (AvgIpc) is 2.95. The van der Waals surface area contributed by atoms with Gasteiger partial charge in [-0.1, -0.05) is 54.6 Å². The molecule has 1 aliphatic heterocycles. The maximum absolute atomic E-state index is 11.7. The summed E-state index contributed by atoms with van der Waals surface area (Å²) in [6.07, 6.45) is 0.816. The summed E-state index contributed by atoms with van der Waals surface area (Å²) in [6, 6.07) is 20.3. The lowest BCUT2D eigenvalue weighted by Crippen LogP contribution is -1.96. The first kappa shape index (κ1) is 15.0. The van der Waals surface area contributed by atoms with E-state index in [1.54, 1.807) is 30.3 Å². The maximum Gasteiger partial charge on any atom is 0.346 e. The monoisotopic (exact) mass is 328 g/mol. The van der Waals surface area contributed by atoms with E-state index in [2.05, 4.69) is 4.74 Å². The highest BCUT2D eigenvalue weighted by Crippen LogP contribution is 2.29. The molecule has 0 aliphatic carbocycles. The SMILES string of the molecule is O=Cc1ccc(-c2ccc(-c3ccc4c(c3)C(=O)OC4=O)cc2)cc1. The highest BCUT2D eigenvalue weighted by Gasteiger charge is 2.29. The quantitative estimate of drug-likeness (QED) is 0.412. The van der Waals surface area contributed by atoms with E-state index in [9.17, 15) is 14.4 Å². The van der Waals surface area contributed by atoms with Crippen molar-refractivity contribution in [1.82, 2.24) is 0 Å². The van der Waals surface area contributed by atoms with Crippen molar-refractivity contribution in [3.05, 3.63) is 83.4 Å². The van der Waals surface area contributed by atoms with E-state index in [0.29, 0.717) is 16.7 Å². The molecule has 0 N–H and O–H groups in total. The van der Waals surface area contributed by atoms with Crippen molar-refractivity contribution in [2.75, 3.05) is 0 Å². The van der Waals surface area contributed by atoms with Gasteiger partial charge in [-0.3, -0.25) is 4.79 Å². The minimum absolute atomic E-state index is 0.302. The minimum atomic E-state index is -0.603. The number of rotatable bonds is 3. The third kappa shape index (κ3) is 2.64. The number of esters is 2. The Bertz CT molecular complexity index is 999. The summed E-state index contributed by atoms with van der Waals surface area (Å²) in [5.41, 5.74) is 5.06. The summed E-state index contributed by atoms with van der Waals surface area (Å²) in [5, 5.41) is 0. The summed E-state index contributed by atoms with van der Waals surface area (Å²) < 4.78 is 4.62. The van der Waals surface area contributed by atoms with Crippen LogP contribution in [0, 0.1) is 0 Å². The summed E-state index contributed by atoms with van der Waals surface area (Å²) in [6.45, 7) is 0. The van der Waals surface area contributed by atoms with Crippen molar-refractivity contribution >= 4 is 18.2 Å². The number of fused-ring (bicyclic) bond motifs is 1. The molecule has 1 heterocycles. The van der Waals surface area contributed by atoms with Gasteiger partial charge in [0.25, 0.3) is 0 Å². The topological polar surface area (TPSA) is 60.4 Å². The summed E-state index contributed by atoms with van der Waals surface area (Å²) in [7, 11) is 0. The second kappa shape index (κ2) is 5.83. The van der Waals surface area contributed by atoms with Gasteiger partial charge in [0.15, 0.2) is 0 Å². The van der Waals surface area contributed by atoms with E-state index in [1.165, 1.54) is 0 Å². The van der Waals surface area contributed by atoms with E-state index in [4.69, 9.17) is 0 Å². The third-order valence-corrected chi connectivity index (χ3v) is 4.24. The van der Waals surface area contributed by atoms with Crippen LogP contribution >= 0.6 is 0 Å². The molecule has 0 spiro atoms. The van der Waals surface area contributed by atoms with Crippen LogP contribution in [0.5, 0.6) is 0 Å². The molecule has 0 saturated carbocycles. The lowest BCUT2D eigenvalue weighted by Gasteiger charge is -2.06. The summed E-state index contributed by atoms with van der Waals surface area (Å²) in [4.78, 5) is 33.9. The van der Waals surface area contributed by atoms with Crippen molar-refractivity contribution in [2.45, 2.75) is 0 Å². The van der Waals surface area contributed by atoms with Gasteiger partial charge in [-0.25, -0.2) is 9.59 Å². The zero-order valence-corrected chi connectivity index (χ0v) is 13.1. The minimum Gasteiger partial charge on any atom is -0.386 e. The van der Waals surface area contributed by atoms with Crippen LogP contribution in [0.3, 0.4) is 0 Å². The number of benzene rings is 3. The molecule has 3 aromatic rings. The molecular weight excluding hydrogens is 316 g/mol. The van der Waals surface area contributed by atoms with E-state index in [1.807, 2.05) is 36.4 Å². The molecule has 4 rings (SSSR count). The number of aldehydes is 1. The van der Waals surface area contributed by atoms with E-state index >= 15 is 0 Å². The fourth-order valence-corrected chi connectivity index (χ4v) is 2.87. The Kier molecular flexibility index (Phi) is 3.51. The Morgan fingerprint density at radius 3 is 1.68 bits per heavy atom. The van der Waals surface area contributed by atoms with Crippen molar-refractivity contribution < 1.29 is 19.1 Å². The second-order valence-electron chi connectivity index (χ2n) is 5.75. The molecule has 4 nitrogen and oxygen atoms in total. The van der Waals surface area contributed by atoms with Crippen LogP contribution in [0.25, 0.3) is 22.3 Å². The molecule has 120 valence electrons. The van der Waals surface area contributed by atoms with Gasteiger partial charge in [0.1, 0.15) is 6.29 Å². The zero-order chi connectivity index (χ0) is 17.4. The number of ether oxygens (including phenoxy) is 1. The van der Waals surface area contributed by atoms with E-state index in [-0.39, 0.29) is 0 Å². The van der Waals surface area contributed by atoms with Crippen LogP contribution < -0.4 is 0 Å². The first-order valence-electron chi connectivity index (χ1n) is 7.72.